The van der Waals surface area contributed by atoms with Gasteiger partial charge in [-0.3, -0.25) is 24.2 Å². The van der Waals surface area contributed by atoms with Gasteiger partial charge in [-0.05, 0) is 85.6 Å². The molecule has 1 atom stereocenters. The summed E-state index contributed by atoms with van der Waals surface area (Å²) in [5.41, 5.74) is 2.20. The van der Waals surface area contributed by atoms with Crippen molar-refractivity contribution in [2.75, 3.05) is 59.8 Å². The molecule has 8 rings (SSSR count). The Bertz CT molecular complexity index is 2360. The number of ether oxygens (including phenoxy) is 1. The minimum atomic E-state index is -4.58. The standard InChI is InChI=1S/C42H44F4N8O5/c1-3-36(56)49-32-20-27(6-7-34(32)53-15-14-52(22-35(53)42(44,45)46)28-10-16-59-17-11-28)48-38-41(58)51(2)21-33(50-38)29-8-12-47-39(30(29)23-55)54-13-9-25-18-26(24-4-5-24)19-31(43)37(25)40(54)57/h3,6-8,12,18-21,24,28,35,55H,1,4-5,9-11,13-17,22-23H2,2H3,(H,48,50)(H,49,56)/t35-/m1/s1. The number of hydrogen-bond acceptors (Lipinski definition) is 10. The number of fused-ring (bicyclic) bond motifs is 1. The molecule has 17 heteroatoms. The van der Waals surface area contributed by atoms with E-state index in [-0.39, 0.29) is 71.2 Å². The lowest BCUT2D eigenvalue weighted by atomic mass is 9.94. The van der Waals surface area contributed by atoms with E-state index < -0.39 is 42.0 Å². The maximum Gasteiger partial charge on any atom is 0.409 e. The highest BCUT2D eigenvalue weighted by Crippen LogP contribution is 2.43. The van der Waals surface area contributed by atoms with E-state index in [1.165, 1.54) is 58.1 Å². The van der Waals surface area contributed by atoms with Gasteiger partial charge < -0.3 is 29.9 Å². The molecule has 4 aliphatic rings. The number of carbonyl (C=O) groups is 2. The van der Waals surface area contributed by atoms with Crippen LogP contribution in [0.1, 0.15) is 58.6 Å². The van der Waals surface area contributed by atoms with E-state index in [2.05, 4.69) is 27.2 Å². The van der Waals surface area contributed by atoms with Crippen LogP contribution in [0.15, 0.2) is 66.2 Å². The number of nitrogens with one attached hydrogen (secondary N) is 2. The molecule has 2 amide bonds. The van der Waals surface area contributed by atoms with Crippen LogP contribution in [0.25, 0.3) is 11.3 Å². The van der Waals surface area contributed by atoms with E-state index in [9.17, 15) is 32.7 Å². The average Bonchev–Trinajstić information content (AvgIpc) is 4.08. The molecule has 5 heterocycles. The van der Waals surface area contributed by atoms with Gasteiger partial charge >= 0.3 is 6.18 Å². The van der Waals surface area contributed by atoms with Crippen LogP contribution in [0.3, 0.4) is 0 Å². The van der Waals surface area contributed by atoms with Crippen molar-refractivity contribution < 1.29 is 37.0 Å². The van der Waals surface area contributed by atoms with E-state index in [4.69, 9.17) is 4.74 Å². The van der Waals surface area contributed by atoms with Gasteiger partial charge in [0.15, 0.2) is 5.82 Å². The van der Waals surface area contributed by atoms with Gasteiger partial charge in [-0.1, -0.05) is 12.6 Å². The highest BCUT2D eigenvalue weighted by Gasteiger charge is 2.48. The molecule has 3 aliphatic heterocycles. The summed E-state index contributed by atoms with van der Waals surface area (Å²) in [7, 11) is 1.50. The Morgan fingerprint density at radius 2 is 1.85 bits per heavy atom. The molecule has 3 fully saturated rings. The molecule has 2 aromatic heterocycles. The molecule has 0 radical (unpaired) electrons. The molecule has 59 heavy (non-hydrogen) atoms. The van der Waals surface area contributed by atoms with Gasteiger partial charge in [-0.2, -0.15) is 13.2 Å². The summed E-state index contributed by atoms with van der Waals surface area (Å²) in [6.45, 7) is 4.29. The molecule has 3 N–H and O–H groups in total. The Morgan fingerprint density at radius 3 is 2.56 bits per heavy atom. The number of carbonyl (C=O) groups excluding carboxylic acids is 2. The number of pyridine rings is 1. The first kappa shape index (κ1) is 40.1. The number of benzene rings is 2. The summed E-state index contributed by atoms with van der Waals surface area (Å²) in [5.74, 6) is -1.54. The quantitative estimate of drug-likeness (QED) is 0.136. The van der Waals surface area contributed by atoms with Crippen molar-refractivity contribution in [3.05, 3.63) is 99.9 Å². The van der Waals surface area contributed by atoms with Crippen molar-refractivity contribution >= 4 is 40.5 Å². The van der Waals surface area contributed by atoms with Crippen LogP contribution >= 0.6 is 0 Å². The van der Waals surface area contributed by atoms with Gasteiger partial charge in [0.2, 0.25) is 5.91 Å². The first-order valence-corrected chi connectivity index (χ1v) is 19.6. The van der Waals surface area contributed by atoms with Crippen LogP contribution in [-0.4, -0.2) is 94.0 Å². The van der Waals surface area contributed by atoms with E-state index in [0.717, 1.165) is 24.5 Å². The molecule has 4 aromatic rings. The molecule has 2 saturated heterocycles. The van der Waals surface area contributed by atoms with Gasteiger partial charge in [0, 0.05) is 81.7 Å². The van der Waals surface area contributed by atoms with Crippen molar-refractivity contribution in [2.45, 2.75) is 62.9 Å². The number of rotatable bonds is 10. The summed E-state index contributed by atoms with van der Waals surface area (Å²) in [6, 6.07) is 7.42. The average molecular weight is 817 g/mol. The minimum absolute atomic E-state index is 0.0187. The number of aromatic nitrogens is 3. The summed E-state index contributed by atoms with van der Waals surface area (Å²) < 4.78 is 66.2. The number of nitrogens with zero attached hydrogens (tertiary/aromatic N) is 6. The predicted molar refractivity (Wildman–Crippen MR) is 214 cm³/mol. The second-order valence-electron chi connectivity index (χ2n) is 15.4. The molecule has 13 nitrogen and oxygen atoms in total. The van der Waals surface area contributed by atoms with Crippen molar-refractivity contribution in [1.29, 1.82) is 0 Å². The van der Waals surface area contributed by atoms with Gasteiger partial charge in [-0.25, -0.2) is 14.4 Å². The molecule has 0 unspecified atom stereocenters. The fourth-order valence-corrected chi connectivity index (χ4v) is 8.41. The van der Waals surface area contributed by atoms with E-state index in [1.54, 1.807) is 6.07 Å². The zero-order valence-electron chi connectivity index (χ0n) is 32.4. The second-order valence-corrected chi connectivity index (χ2v) is 15.4. The first-order chi connectivity index (χ1) is 28.3. The topological polar surface area (TPSA) is 145 Å². The van der Waals surface area contributed by atoms with E-state index >= 15 is 4.39 Å². The zero-order chi connectivity index (χ0) is 41.6. The number of hydrogen-bond donors (Lipinski definition) is 3. The Kier molecular flexibility index (Phi) is 11.0. The molecule has 1 saturated carbocycles. The molecule has 310 valence electrons. The Labute approximate surface area is 337 Å². The lowest BCUT2D eigenvalue weighted by Gasteiger charge is -2.47. The normalized spacial score (nSPS) is 19.1. The van der Waals surface area contributed by atoms with Crippen LogP contribution in [0.5, 0.6) is 0 Å². The van der Waals surface area contributed by atoms with Crippen molar-refractivity contribution in [3.8, 4) is 11.3 Å². The van der Waals surface area contributed by atoms with Crippen molar-refractivity contribution in [2.24, 2.45) is 7.05 Å². The Balaban J connectivity index is 1.10. The number of aryl methyl sites for hydroxylation is 1. The van der Waals surface area contributed by atoms with Crippen LogP contribution < -0.4 is 26.0 Å². The fourth-order valence-electron chi connectivity index (χ4n) is 8.41. The zero-order valence-corrected chi connectivity index (χ0v) is 32.4. The lowest BCUT2D eigenvalue weighted by molar-refractivity contribution is -0.159. The summed E-state index contributed by atoms with van der Waals surface area (Å²) in [4.78, 5) is 53.4. The van der Waals surface area contributed by atoms with E-state index in [1.807, 2.05) is 11.0 Å². The van der Waals surface area contributed by atoms with E-state index in [0.29, 0.717) is 56.1 Å². The number of piperazine rings is 1. The highest BCUT2D eigenvalue weighted by atomic mass is 19.4. The number of aliphatic hydroxyl groups excluding tert-OH is 1. The van der Waals surface area contributed by atoms with Crippen LogP contribution in [0, 0.1) is 5.82 Å². The molecule has 0 bridgehead atoms. The smallest absolute Gasteiger partial charge is 0.392 e. The largest absolute Gasteiger partial charge is 0.409 e. The maximum absolute atomic E-state index is 15.4. The first-order valence-electron chi connectivity index (χ1n) is 19.6. The van der Waals surface area contributed by atoms with Crippen LogP contribution in [-0.2, 0) is 29.6 Å². The summed E-state index contributed by atoms with van der Waals surface area (Å²) in [6.07, 6.45) is 2.99. The lowest BCUT2D eigenvalue weighted by Crippen LogP contribution is -2.61. The molecular weight excluding hydrogens is 773 g/mol. The number of anilines is 5. The number of halogens is 4. The van der Waals surface area contributed by atoms with Crippen molar-refractivity contribution in [1.82, 2.24) is 19.4 Å². The predicted octanol–water partition coefficient (Wildman–Crippen LogP) is 5.65. The van der Waals surface area contributed by atoms with Crippen LogP contribution in [0.4, 0.5) is 46.3 Å². The third-order valence-electron chi connectivity index (χ3n) is 11.6. The monoisotopic (exact) mass is 816 g/mol. The third-order valence-corrected chi connectivity index (χ3v) is 11.6. The van der Waals surface area contributed by atoms with Gasteiger partial charge in [-0.15, -0.1) is 0 Å². The van der Waals surface area contributed by atoms with Gasteiger partial charge in [0.05, 0.1) is 29.2 Å². The summed E-state index contributed by atoms with van der Waals surface area (Å²) >= 11 is 0. The third kappa shape index (κ3) is 8.06. The van der Waals surface area contributed by atoms with Crippen molar-refractivity contribution in [3.63, 3.8) is 0 Å². The van der Waals surface area contributed by atoms with Gasteiger partial charge in [0.25, 0.3) is 11.5 Å². The number of amides is 2. The molecule has 0 spiro atoms. The number of alkyl halides is 3. The fraction of sp³-hybridized carbons (Fsp3) is 0.405. The maximum atomic E-state index is 15.4. The van der Waals surface area contributed by atoms with Gasteiger partial charge in [0.1, 0.15) is 17.7 Å². The molecular formula is C42H44F4N8O5. The Hall–Kier alpha value is -5.65. The van der Waals surface area contributed by atoms with Crippen LogP contribution in [0.2, 0.25) is 0 Å². The molecule has 2 aromatic carbocycles. The SMILES string of the molecule is C=CC(=O)Nc1cc(Nc2nc(-c3ccnc(N4CCc5cc(C6CC6)cc(F)c5C4=O)c3CO)cn(C)c2=O)ccc1N1CCN(C2CCOCC2)C[C@@H]1C(F)(F)F. The molecule has 1 aliphatic carbocycles. The Morgan fingerprint density at radius 1 is 1.07 bits per heavy atom. The second kappa shape index (κ2) is 16.2. The minimum Gasteiger partial charge on any atom is -0.392 e. The number of aliphatic hydroxyl groups is 1. The summed E-state index contributed by atoms with van der Waals surface area (Å²) in [5, 5.41) is 16.3. The highest BCUT2D eigenvalue weighted by molar-refractivity contribution is 6.08.